The van der Waals surface area contributed by atoms with Gasteiger partial charge in [0.2, 0.25) is 0 Å². The van der Waals surface area contributed by atoms with Crippen molar-refractivity contribution in [3.63, 3.8) is 0 Å². The van der Waals surface area contributed by atoms with E-state index in [1.54, 1.807) is 29.4 Å². The summed E-state index contributed by atoms with van der Waals surface area (Å²) in [6, 6.07) is 1.38. The van der Waals surface area contributed by atoms with Crippen LogP contribution >= 0.6 is 11.8 Å². The van der Waals surface area contributed by atoms with Crippen LogP contribution in [-0.4, -0.2) is 50.4 Å². The van der Waals surface area contributed by atoms with Crippen LogP contribution in [0.5, 0.6) is 0 Å². The van der Waals surface area contributed by atoms with Gasteiger partial charge in [0.25, 0.3) is 15.6 Å². The van der Waals surface area contributed by atoms with Crippen molar-refractivity contribution in [2.24, 2.45) is 7.05 Å². The van der Waals surface area contributed by atoms with Crippen molar-refractivity contribution in [1.82, 2.24) is 23.6 Å². The maximum absolute atomic E-state index is 12.9. The van der Waals surface area contributed by atoms with Gasteiger partial charge in [-0.25, -0.2) is 18.1 Å². The first-order chi connectivity index (χ1) is 12.4. The van der Waals surface area contributed by atoms with Gasteiger partial charge >= 0.3 is 0 Å². The minimum absolute atomic E-state index is 0.0506. The van der Waals surface area contributed by atoms with Gasteiger partial charge in [-0.15, -0.1) is 0 Å². The van der Waals surface area contributed by atoms with Gasteiger partial charge in [-0.3, -0.25) is 4.79 Å². The summed E-state index contributed by atoms with van der Waals surface area (Å²) in [5.74, 6) is 1.82. The Morgan fingerprint density at radius 2 is 2.23 bits per heavy atom. The molecule has 8 nitrogen and oxygen atoms in total. The summed E-state index contributed by atoms with van der Waals surface area (Å²) in [6.07, 6.45) is 5.32. The Bertz CT molecular complexity index is 982. The molecule has 0 saturated carbocycles. The topological polar surface area (TPSA) is 90.1 Å². The highest BCUT2D eigenvalue weighted by atomic mass is 32.2. The number of imidazole rings is 1. The second-order valence-electron chi connectivity index (χ2n) is 6.73. The van der Waals surface area contributed by atoms with E-state index in [0.29, 0.717) is 13.0 Å². The number of nitrogens with zero attached hydrogens (tertiary/aromatic N) is 5. The second-order valence-corrected chi connectivity index (χ2v) is 9.67. The average molecular weight is 396 g/mol. The van der Waals surface area contributed by atoms with E-state index in [4.69, 9.17) is 0 Å². The molecule has 2 aromatic heterocycles. The third-order valence-electron chi connectivity index (χ3n) is 4.87. The summed E-state index contributed by atoms with van der Waals surface area (Å²) in [6.45, 7) is 0.727. The van der Waals surface area contributed by atoms with Crippen LogP contribution in [0, 0.1) is 0 Å². The molecule has 1 fully saturated rings. The van der Waals surface area contributed by atoms with Gasteiger partial charge < -0.3 is 4.57 Å². The highest BCUT2D eigenvalue weighted by molar-refractivity contribution is 7.98. The van der Waals surface area contributed by atoms with E-state index >= 15 is 0 Å². The third kappa shape index (κ3) is 3.21. The summed E-state index contributed by atoms with van der Waals surface area (Å²) >= 11 is 1.80. The molecule has 2 aliphatic heterocycles. The van der Waals surface area contributed by atoms with Crippen molar-refractivity contribution in [2.75, 3.05) is 12.3 Å². The monoisotopic (exact) mass is 395 g/mol. The maximum Gasteiger partial charge on any atom is 0.267 e. The largest absolute Gasteiger partial charge is 0.339 e. The van der Waals surface area contributed by atoms with Crippen LogP contribution in [0.25, 0.3) is 0 Å². The lowest BCUT2D eigenvalue weighted by Crippen LogP contribution is -2.41. The van der Waals surface area contributed by atoms with Crippen LogP contribution in [0.4, 0.5) is 0 Å². The zero-order chi connectivity index (χ0) is 18.3. The lowest BCUT2D eigenvalue weighted by atomic mass is 10.2. The molecule has 0 aromatic carbocycles. The molecule has 0 N–H and O–H groups in total. The van der Waals surface area contributed by atoms with Gasteiger partial charge in [0, 0.05) is 44.1 Å². The SMILES string of the molecule is Cn1cnc(S(=O)(=O)N2CCCC2Cn2nc3c(cc2=O)CSCC3)c1. The van der Waals surface area contributed by atoms with Crippen LogP contribution in [0.1, 0.15) is 24.1 Å². The molecule has 0 radical (unpaired) electrons. The molecule has 26 heavy (non-hydrogen) atoms. The lowest BCUT2D eigenvalue weighted by Gasteiger charge is -2.24. The summed E-state index contributed by atoms with van der Waals surface area (Å²) in [7, 11) is -1.92. The van der Waals surface area contributed by atoms with Gasteiger partial charge in [-0.1, -0.05) is 0 Å². The molecular formula is C16H21N5O3S2. The Kier molecular flexibility index (Phi) is 4.66. The number of sulfonamides is 1. The van der Waals surface area contributed by atoms with E-state index in [-0.39, 0.29) is 23.2 Å². The molecule has 4 rings (SSSR count). The van der Waals surface area contributed by atoms with E-state index in [2.05, 4.69) is 10.1 Å². The van der Waals surface area contributed by atoms with Gasteiger partial charge in [0.15, 0.2) is 5.03 Å². The Morgan fingerprint density at radius 1 is 1.38 bits per heavy atom. The Morgan fingerprint density at radius 3 is 3.00 bits per heavy atom. The molecule has 2 aliphatic rings. The van der Waals surface area contributed by atoms with Crippen LogP contribution in [0.15, 0.2) is 28.4 Å². The summed E-state index contributed by atoms with van der Waals surface area (Å²) in [4.78, 5) is 16.4. The molecule has 0 spiro atoms. The Hall–Kier alpha value is -1.65. The summed E-state index contributed by atoms with van der Waals surface area (Å²) < 4.78 is 30.3. The van der Waals surface area contributed by atoms with Crippen molar-refractivity contribution in [3.05, 3.63) is 40.2 Å². The minimum atomic E-state index is -3.66. The number of aromatic nitrogens is 4. The Balaban J connectivity index is 1.61. The average Bonchev–Trinajstić information content (AvgIpc) is 3.25. The van der Waals surface area contributed by atoms with E-state index < -0.39 is 10.0 Å². The van der Waals surface area contributed by atoms with E-state index in [0.717, 1.165) is 35.6 Å². The van der Waals surface area contributed by atoms with Crippen molar-refractivity contribution in [3.8, 4) is 0 Å². The molecule has 0 aliphatic carbocycles. The predicted octanol–water partition coefficient (Wildman–Crippen LogP) is 0.619. The maximum atomic E-state index is 12.9. The number of aryl methyl sites for hydroxylation is 2. The fourth-order valence-corrected chi connectivity index (χ4v) is 6.14. The third-order valence-corrected chi connectivity index (χ3v) is 7.71. The van der Waals surface area contributed by atoms with E-state index in [1.807, 2.05) is 0 Å². The fourth-order valence-electron chi connectivity index (χ4n) is 3.53. The smallest absolute Gasteiger partial charge is 0.267 e. The van der Waals surface area contributed by atoms with Crippen LogP contribution in [0.2, 0.25) is 0 Å². The highest BCUT2D eigenvalue weighted by Crippen LogP contribution is 2.26. The van der Waals surface area contributed by atoms with Crippen LogP contribution in [0.3, 0.4) is 0 Å². The molecule has 1 saturated heterocycles. The van der Waals surface area contributed by atoms with Crippen molar-refractivity contribution in [1.29, 1.82) is 0 Å². The molecule has 0 bridgehead atoms. The van der Waals surface area contributed by atoms with Gasteiger partial charge in [0.05, 0.1) is 18.6 Å². The van der Waals surface area contributed by atoms with Crippen molar-refractivity contribution >= 4 is 21.8 Å². The van der Waals surface area contributed by atoms with Crippen LogP contribution in [-0.2, 0) is 35.8 Å². The van der Waals surface area contributed by atoms with Crippen LogP contribution < -0.4 is 5.56 Å². The number of hydrogen-bond acceptors (Lipinski definition) is 6. The zero-order valence-electron chi connectivity index (χ0n) is 14.5. The summed E-state index contributed by atoms with van der Waals surface area (Å²) in [5.41, 5.74) is 1.81. The second kappa shape index (κ2) is 6.82. The first kappa shape index (κ1) is 17.7. The van der Waals surface area contributed by atoms with Gasteiger partial charge in [0.1, 0.15) is 0 Å². The van der Waals surface area contributed by atoms with Crippen molar-refractivity contribution in [2.45, 2.75) is 42.6 Å². The van der Waals surface area contributed by atoms with Gasteiger partial charge in [-0.05, 0) is 24.2 Å². The highest BCUT2D eigenvalue weighted by Gasteiger charge is 2.37. The normalized spacial score (nSPS) is 21.0. The first-order valence-corrected chi connectivity index (χ1v) is 11.2. The predicted molar refractivity (Wildman–Crippen MR) is 98.5 cm³/mol. The molecular weight excluding hydrogens is 374 g/mol. The minimum Gasteiger partial charge on any atom is -0.339 e. The number of thioether (sulfide) groups is 1. The fraction of sp³-hybridized carbons (Fsp3) is 0.562. The van der Waals surface area contributed by atoms with E-state index in [1.165, 1.54) is 21.5 Å². The molecule has 1 unspecified atom stereocenters. The standard InChI is InChI=1S/C16H21N5O3S2/c1-19-9-15(17-11-19)26(23,24)21-5-2-3-13(21)8-20-16(22)7-12-10-25-6-4-14(12)18-20/h7,9,11,13H,2-6,8,10H2,1H3. The van der Waals surface area contributed by atoms with Gasteiger partial charge in [-0.2, -0.15) is 21.2 Å². The molecule has 140 valence electrons. The molecule has 0 amide bonds. The number of fused-ring (bicyclic) bond motifs is 1. The molecule has 1 atom stereocenters. The molecule has 10 heteroatoms. The van der Waals surface area contributed by atoms with Crippen molar-refractivity contribution < 1.29 is 8.42 Å². The number of rotatable bonds is 4. The lowest BCUT2D eigenvalue weighted by molar-refractivity contribution is 0.333. The number of hydrogen-bond donors (Lipinski definition) is 0. The summed E-state index contributed by atoms with van der Waals surface area (Å²) in [5, 5.41) is 4.57. The molecule has 2 aromatic rings. The quantitative estimate of drug-likeness (QED) is 0.754. The molecule has 4 heterocycles. The van der Waals surface area contributed by atoms with E-state index in [9.17, 15) is 13.2 Å². The first-order valence-electron chi connectivity index (χ1n) is 8.62. The zero-order valence-corrected chi connectivity index (χ0v) is 16.2. The Labute approximate surface area is 156 Å².